The number of aromatic nitrogens is 3. The first-order valence-corrected chi connectivity index (χ1v) is 10.5. The number of fused-ring (bicyclic) bond motifs is 1. The first-order valence-electron chi connectivity index (χ1n) is 10.5. The van der Waals surface area contributed by atoms with Crippen LogP contribution in [0.2, 0.25) is 0 Å². The monoisotopic (exact) mass is 419 g/mol. The first-order chi connectivity index (χ1) is 15.0. The van der Waals surface area contributed by atoms with E-state index in [4.69, 9.17) is 10.1 Å². The molecule has 2 N–H and O–H groups in total. The highest BCUT2D eigenvalue weighted by Gasteiger charge is 2.41. The van der Waals surface area contributed by atoms with E-state index in [0.29, 0.717) is 30.0 Å². The molecular formula is C25H26FN3O2. The Morgan fingerprint density at radius 3 is 2.55 bits per heavy atom. The van der Waals surface area contributed by atoms with Gasteiger partial charge in [-0.25, -0.2) is 9.37 Å². The minimum Gasteiger partial charge on any atom is -0.396 e. The molecule has 31 heavy (non-hydrogen) atoms. The molecule has 0 saturated carbocycles. The predicted octanol–water partition coefficient (Wildman–Crippen LogP) is 4.11. The molecule has 0 aliphatic carbocycles. The van der Waals surface area contributed by atoms with E-state index in [1.807, 2.05) is 42.7 Å². The fourth-order valence-corrected chi connectivity index (χ4v) is 4.13. The lowest BCUT2D eigenvalue weighted by molar-refractivity contribution is 0.106. The standard InChI is InChI=1S/C25H26FN3O2/c1-3-29-22-16-18(7-5-15-30)8-13-21(22)28-24(29)25(31,19-9-11-20(26)12-10-19)23-17(2)6-4-14-27-23/h4,6,8-14,16,30-31H,3,5,7,15H2,1-2H3. The van der Waals surface area contributed by atoms with Gasteiger partial charge in [-0.15, -0.1) is 0 Å². The Hall–Kier alpha value is -3.09. The second-order valence-corrected chi connectivity index (χ2v) is 7.72. The van der Waals surface area contributed by atoms with Crippen molar-refractivity contribution in [1.29, 1.82) is 0 Å². The summed E-state index contributed by atoms with van der Waals surface area (Å²) in [5.41, 5.74) is 2.89. The second kappa shape index (κ2) is 8.57. The summed E-state index contributed by atoms with van der Waals surface area (Å²) in [4.78, 5) is 9.33. The largest absolute Gasteiger partial charge is 0.396 e. The Morgan fingerprint density at radius 2 is 1.87 bits per heavy atom. The van der Waals surface area contributed by atoms with Crippen LogP contribution in [-0.2, 0) is 18.6 Å². The molecular weight excluding hydrogens is 393 g/mol. The molecule has 0 aliphatic heterocycles. The third-order valence-corrected chi connectivity index (χ3v) is 5.69. The molecule has 2 aromatic heterocycles. The SMILES string of the molecule is CCn1c(C(O)(c2ccc(F)cc2)c2ncccc2C)nc2ccc(CCCO)cc21. The fourth-order valence-electron chi connectivity index (χ4n) is 4.13. The number of rotatable bonds is 7. The van der Waals surface area contributed by atoms with Gasteiger partial charge in [0.15, 0.2) is 11.4 Å². The van der Waals surface area contributed by atoms with Crippen LogP contribution < -0.4 is 0 Å². The Balaban J connectivity index is 1.99. The van der Waals surface area contributed by atoms with Crippen LogP contribution in [0.15, 0.2) is 60.8 Å². The van der Waals surface area contributed by atoms with Crippen molar-refractivity contribution in [3.63, 3.8) is 0 Å². The van der Waals surface area contributed by atoms with Crippen molar-refractivity contribution in [3.8, 4) is 0 Å². The summed E-state index contributed by atoms with van der Waals surface area (Å²) < 4.78 is 15.7. The number of hydrogen-bond donors (Lipinski definition) is 2. The van der Waals surface area contributed by atoms with Crippen molar-refractivity contribution in [1.82, 2.24) is 14.5 Å². The molecule has 0 amide bonds. The molecule has 4 rings (SSSR count). The van der Waals surface area contributed by atoms with Crippen LogP contribution in [0.25, 0.3) is 11.0 Å². The van der Waals surface area contributed by atoms with Gasteiger partial charge in [0.25, 0.3) is 0 Å². The predicted molar refractivity (Wildman–Crippen MR) is 118 cm³/mol. The number of halogens is 1. The summed E-state index contributed by atoms with van der Waals surface area (Å²) in [7, 11) is 0. The zero-order valence-electron chi connectivity index (χ0n) is 17.7. The van der Waals surface area contributed by atoms with Gasteiger partial charge in [0.1, 0.15) is 5.82 Å². The summed E-state index contributed by atoms with van der Waals surface area (Å²) in [5.74, 6) is 0.0686. The maximum Gasteiger partial charge on any atom is 0.190 e. The molecule has 4 aromatic rings. The van der Waals surface area contributed by atoms with E-state index in [-0.39, 0.29) is 12.4 Å². The summed E-state index contributed by atoms with van der Waals surface area (Å²) in [6.07, 6.45) is 3.09. The van der Waals surface area contributed by atoms with Gasteiger partial charge in [0, 0.05) is 19.3 Å². The lowest BCUT2D eigenvalue weighted by Crippen LogP contribution is -2.34. The van der Waals surface area contributed by atoms with Crippen LogP contribution in [-0.4, -0.2) is 31.4 Å². The smallest absolute Gasteiger partial charge is 0.190 e. The highest BCUT2D eigenvalue weighted by atomic mass is 19.1. The molecule has 0 bridgehead atoms. The van der Waals surface area contributed by atoms with Crippen molar-refractivity contribution < 1.29 is 14.6 Å². The molecule has 0 saturated heterocycles. The maximum absolute atomic E-state index is 13.7. The third-order valence-electron chi connectivity index (χ3n) is 5.69. The zero-order chi connectivity index (χ0) is 22.0. The van der Waals surface area contributed by atoms with Gasteiger partial charge in [-0.2, -0.15) is 0 Å². The Kier molecular flexibility index (Phi) is 5.85. The molecule has 160 valence electrons. The Labute approximate surface area is 180 Å². The van der Waals surface area contributed by atoms with Crippen molar-refractivity contribution in [2.45, 2.75) is 38.8 Å². The van der Waals surface area contributed by atoms with Crippen molar-refractivity contribution in [2.75, 3.05) is 6.61 Å². The summed E-state index contributed by atoms with van der Waals surface area (Å²) in [6, 6.07) is 15.5. The van der Waals surface area contributed by atoms with Crippen LogP contribution in [0.1, 0.15) is 41.6 Å². The average Bonchev–Trinajstić information content (AvgIpc) is 3.16. The van der Waals surface area contributed by atoms with Crippen LogP contribution in [0.3, 0.4) is 0 Å². The summed E-state index contributed by atoms with van der Waals surface area (Å²) in [6.45, 7) is 4.62. The second-order valence-electron chi connectivity index (χ2n) is 7.72. The van der Waals surface area contributed by atoms with Gasteiger partial charge in [0.2, 0.25) is 0 Å². The van der Waals surface area contributed by atoms with Crippen molar-refractivity contribution >= 4 is 11.0 Å². The zero-order valence-corrected chi connectivity index (χ0v) is 17.7. The number of benzene rings is 2. The van der Waals surface area contributed by atoms with Crippen LogP contribution >= 0.6 is 0 Å². The molecule has 2 aromatic carbocycles. The van der Waals surface area contributed by atoms with E-state index < -0.39 is 5.60 Å². The van der Waals surface area contributed by atoms with Gasteiger partial charge in [-0.05, 0) is 73.7 Å². The number of aliphatic hydroxyl groups is 2. The first kappa shape index (κ1) is 21.2. The lowest BCUT2D eigenvalue weighted by atomic mass is 9.86. The van der Waals surface area contributed by atoms with E-state index in [0.717, 1.165) is 28.6 Å². The minimum absolute atomic E-state index is 0.138. The number of nitrogens with zero attached hydrogens (tertiary/aromatic N) is 3. The van der Waals surface area contributed by atoms with Crippen LogP contribution in [0.5, 0.6) is 0 Å². The summed E-state index contributed by atoms with van der Waals surface area (Å²) >= 11 is 0. The highest BCUT2D eigenvalue weighted by molar-refractivity contribution is 5.77. The van der Waals surface area contributed by atoms with E-state index >= 15 is 0 Å². The molecule has 6 heteroatoms. The fraction of sp³-hybridized carbons (Fsp3) is 0.280. The van der Waals surface area contributed by atoms with Gasteiger partial charge in [0.05, 0.1) is 16.7 Å². The Bertz CT molecular complexity index is 1200. The number of pyridine rings is 1. The number of hydrogen-bond acceptors (Lipinski definition) is 4. The maximum atomic E-state index is 13.7. The topological polar surface area (TPSA) is 71.2 Å². The highest BCUT2D eigenvalue weighted by Crippen LogP contribution is 2.38. The van der Waals surface area contributed by atoms with Crippen molar-refractivity contribution in [3.05, 3.63) is 94.8 Å². The van der Waals surface area contributed by atoms with Crippen molar-refractivity contribution in [2.24, 2.45) is 0 Å². The number of aryl methyl sites for hydroxylation is 3. The van der Waals surface area contributed by atoms with Gasteiger partial charge >= 0.3 is 0 Å². The Morgan fingerprint density at radius 1 is 1.10 bits per heavy atom. The lowest BCUT2D eigenvalue weighted by Gasteiger charge is -2.29. The van der Waals surface area contributed by atoms with E-state index in [9.17, 15) is 9.50 Å². The van der Waals surface area contributed by atoms with Gasteiger partial charge in [-0.1, -0.05) is 24.3 Å². The quantitative estimate of drug-likeness (QED) is 0.473. The molecule has 0 aliphatic rings. The molecule has 1 unspecified atom stereocenters. The van der Waals surface area contributed by atoms with E-state index in [1.54, 1.807) is 18.3 Å². The van der Waals surface area contributed by atoms with Crippen LogP contribution in [0, 0.1) is 12.7 Å². The van der Waals surface area contributed by atoms with Gasteiger partial charge in [-0.3, -0.25) is 4.98 Å². The third kappa shape index (κ3) is 3.73. The molecule has 2 heterocycles. The number of imidazole rings is 1. The molecule has 0 spiro atoms. The van der Waals surface area contributed by atoms with Gasteiger partial charge < -0.3 is 14.8 Å². The molecule has 1 atom stereocenters. The molecule has 0 radical (unpaired) electrons. The van der Waals surface area contributed by atoms with E-state index in [1.165, 1.54) is 12.1 Å². The molecule has 0 fully saturated rings. The number of aliphatic hydroxyl groups excluding tert-OH is 1. The minimum atomic E-state index is -1.65. The molecule has 5 nitrogen and oxygen atoms in total. The van der Waals surface area contributed by atoms with Crippen LogP contribution in [0.4, 0.5) is 4.39 Å². The average molecular weight is 420 g/mol. The summed E-state index contributed by atoms with van der Waals surface area (Å²) in [5, 5.41) is 21.4. The normalized spacial score (nSPS) is 13.5. The van der Waals surface area contributed by atoms with E-state index in [2.05, 4.69) is 11.1 Å².